The second-order valence-electron chi connectivity index (χ2n) is 11.1. The van der Waals surface area contributed by atoms with Gasteiger partial charge >= 0.3 is 5.97 Å². The second-order valence-corrected chi connectivity index (χ2v) is 11.1. The van der Waals surface area contributed by atoms with Crippen LogP contribution in [0.25, 0.3) is 0 Å². The molecule has 4 atom stereocenters. The number of nitrogens with zero attached hydrogens (tertiary/aromatic N) is 2. The number of amides is 2. The number of ether oxygens (including phenoxy) is 1. The van der Waals surface area contributed by atoms with Crippen molar-refractivity contribution in [2.24, 2.45) is 16.7 Å². The fourth-order valence-corrected chi connectivity index (χ4v) is 7.27. The predicted octanol–water partition coefficient (Wildman–Crippen LogP) is 3.71. The fourth-order valence-electron chi connectivity index (χ4n) is 7.27. The highest BCUT2D eigenvalue weighted by molar-refractivity contribution is 6.22. The number of esters is 1. The van der Waals surface area contributed by atoms with E-state index in [9.17, 15) is 19.5 Å². The van der Waals surface area contributed by atoms with Gasteiger partial charge in [0.1, 0.15) is 6.61 Å². The molecule has 5 rings (SSSR count). The van der Waals surface area contributed by atoms with Crippen molar-refractivity contribution in [1.29, 1.82) is 0 Å². The quantitative estimate of drug-likeness (QED) is 0.393. The number of piperidine rings is 1. The summed E-state index contributed by atoms with van der Waals surface area (Å²) in [6, 6.07) is 6.65. The normalized spacial score (nSPS) is 35.1. The average Bonchev–Trinajstić information content (AvgIpc) is 2.97. The summed E-state index contributed by atoms with van der Waals surface area (Å²) in [5, 5.41) is 12.3. The lowest BCUT2D eigenvalue weighted by Gasteiger charge is -2.66. The molecule has 1 saturated carbocycles. The van der Waals surface area contributed by atoms with Gasteiger partial charge in [0.25, 0.3) is 0 Å². The fraction of sp³-hybridized carbons (Fsp3) is 0.607. The number of allylic oxidation sites excluding steroid dienone is 1. The van der Waals surface area contributed by atoms with Crippen molar-refractivity contribution in [2.75, 3.05) is 31.1 Å². The maximum absolute atomic E-state index is 13.4. The number of para-hydroxylation sites is 1. The minimum atomic E-state index is -0.937. The van der Waals surface area contributed by atoms with Crippen molar-refractivity contribution >= 4 is 23.5 Å². The van der Waals surface area contributed by atoms with Gasteiger partial charge in [0.05, 0.1) is 16.9 Å². The summed E-state index contributed by atoms with van der Waals surface area (Å²) in [5.74, 6) is -1.56. The van der Waals surface area contributed by atoms with Crippen LogP contribution in [-0.2, 0) is 14.3 Å². The molecule has 2 saturated heterocycles. The summed E-state index contributed by atoms with van der Waals surface area (Å²) in [5.41, 5.74) is -1.22. The van der Waals surface area contributed by atoms with Gasteiger partial charge in [0.2, 0.25) is 11.8 Å². The maximum Gasteiger partial charge on any atom is 0.340 e. The first kappa shape index (κ1) is 24.2. The topological polar surface area (TPSA) is 87.2 Å². The van der Waals surface area contributed by atoms with E-state index in [1.165, 1.54) is 0 Å². The largest absolute Gasteiger partial charge is 0.461 e. The Morgan fingerprint density at radius 1 is 1.14 bits per heavy atom. The van der Waals surface area contributed by atoms with E-state index in [0.29, 0.717) is 13.0 Å². The zero-order chi connectivity index (χ0) is 24.8. The Hall–Kier alpha value is -2.51. The summed E-state index contributed by atoms with van der Waals surface area (Å²) in [7, 11) is 0. The summed E-state index contributed by atoms with van der Waals surface area (Å²) >= 11 is 0. The highest BCUT2D eigenvalue weighted by Gasteiger charge is 2.67. The summed E-state index contributed by atoms with van der Waals surface area (Å²) in [6.45, 7) is 6.43. The Kier molecular flexibility index (Phi) is 6.12. The SMILES string of the molecule is CCN1C[C@@]23CCC=CC[C@@]2(O)[C@](COC(=O)c2ccccc2N2C(=O)C[C@@H](C)C2=O)(CCC3)C1. The zero-order valence-corrected chi connectivity index (χ0v) is 20.8. The van der Waals surface area contributed by atoms with Gasteiger partial charge in [-0.2, -0.15) is 0 Å². The number of likely N-dealkylation sites (tertiary alicyclic amines) is 1. The van der Waals surface area contributed by atoms with Crippen LogP contribution in [0.1, 0.15) is 69.2 Å². The first-order chi connectivity index (χ1) is 16.8. The molecule has 2 bridgehead atoms. The van der Waals surface area contributed by atoms with Crippen LogP contribution in [0.4, 0.5) is 5.69 Å². The molecule has 35 heavy (non-hydrogen) atoms. The Morgan fingerprint density at radius 3 is 2.69 bits per heavy atom. The average molecular weight is 481 g/mol. The first-order valence-corrected chi connectivity index (χ1v) is 13.0. The molecule has 1 N–H and O–H groups in total. The number of rotatable bonds is 5. The molecule has 2 aliphatic carbocycles. The summed E-state index contributed by atoms with van der Waals surface area (Å²) < 4.78 is 5.99. The molecule has 0 unspecified atom stereocenters. The van der Waals surface area contributed by atoms with E-state index in [1.54, 1.807) is 31.2 Å². The van der Waals surface area contributed by atoms with Crippen molar-refractivity contribution in [3.05, 3.63) is 42.0 Å². The highest BCUT2D eigenvalue weighted by Crippen LogP contribution is 2.62. The number of hydrogen-bond acceptors (Lipinski definition) is 6. The van der Waals surface area contributed by atoms with Crippen LogP contribution in [0, 0.1) is 16.7 Å². The monoisotopic (exact) mass is 480 g/mol. The number of hydrogen-bond donors (Lipinski definition) is 1. The Balaban J connectivity index is 1.44. The van der Waals surface area contributed by atoms with Gasteiger partial charge in [-0.3, -0.25) is 9.59 Å². The molecule has 0 spiro atoms. The van der Waals surface area contributed by atoms with Crippen LogP contribution in [0.15, 0.2) is 36.4 Å². The minimum Gasteiger partial charge on any atom is -0.461 e. The molecule has 1 aromatic carbocycles. The molecular formula is C28H36N2O5. The molecule has 2 heterocycles. The Labute approximate surface area is 207 Å². The lowest BCUT2D eigenvalue weighted by molar-refractivity contribution is -0.254. The molecule has 2 amide bonds. The molecule has 4 aliphatic rings. The third kappa shape index (κ3) is 3.66. The van der Waals surface area contributed by atoms with Gasteiger partial charge < -0.3 is 14.7 Å². The van der Waals surface area contributed by atoms with Crippen LogP contribution < -0.4 is 4.90 Å². The smallest absolute Gasteiger partial charge is 0.340 e. The molecule has 2 aliphatic heterocycles. The van der Waals surface area contributed by atoms with Crippen LogP contribution in [0.5, 0.6) is 0 Å². The Bertz CT molecular complexity index is 1070. The molecule has 188 valence electrons. The van der Waals surface area contributed by atoms with Crippen molar-refractivity contribution in [1.82, 2.24) is 4.90 Å². The van der Waals surface area contributed by atoms with Crippen LogP contribution in [0.3, 0.4) is 0 Å². The molecule has 7 heteroatoms. The predicted molar refractivity (Wildman–Crippen MR) is 132 cm³/mol. The molecule has 3 fully saturated rings. The summed E-state index contributed by atoms with van der Waals surface area (Å²) in [6.07, 6.45) is 9.68. The molecule has 0 aromatic heterocycles. The number of aliphatic hydroxyl groups is 1. The van der Waals surface area contributed by atoms with E-state index < -0.39 is 22.9 Å². The lowest BCUT2D eigenvalue weighted by Crippen LogP contribution is -2.73. The number of benzene rings is 1. The van der Waals surface area contributed by atoms with Gasteiger partial charge in [0, 0.05) is 36.3 Å². The highest BCUT2D eigenvalue weighted by atomic mass is 16.5. The van der Waals surface area contributed by atoms with E-state index in [1.807, 2.05) is 0 Å². The van der Waals surface area contributed by atoms with Gasteiger partial charge in [-0.1, -0.05) is 44.6 Å². The van der Waals surface area contributed by atoms with Gasteiger partial charge in [-0.25, -0.2) is 9.69 Å². The molecule has 0 radical (unpaired) electrons. The van der Waals surface area contributed by atoms with Crippen molar-refractivity contribution in [3.63, 3.8) is 0 Å². The number of imide groups is 1. The number of carbonyl (C=O) groups is 3. The van der Waals surface area contributed by atoms with Crippen LogP contribution in [0.2, 0.25) is 0 Å². The second kappa shape index (κ2) is 8.86. The van der Waals surface area contributed by atoms with Gasteiger partial charge in [0.15, 0.2) is 0 Å². The van der Waals surface area contributed by atoms with E-state index in [4.69, 9.17) is 4.74 Å². The van der Waals surface area contributed by atoms with Crippen molar-refractivity contribution in [3.8, 4) is 0 Å². The third-order valence-electron chi connectivity index (χ3n) is 9.15. The van der Waals surface area contributed by atoms with E-state index in [2.05, 4.69) is 24.0 Å². The molecule has 7 nitrogen and oxygen atoms in total. The lowest BCUT2D eigenvalue weighted by atomic mass is 9.47. The van der Waals surface area contributed by atoms with Crippen molar-refractivity contribution < 1.29 is 24.2 Å². The number of carbonyl (C=O) groups excluding carboxylic acids is 3. The van der Waals surface area contributed by atoms with E-state index in [-0.39, 0.29) is 41.5 Å². The van der Waals surface area contributed by atoms with Gasteiger partial charge in [-0.15, -0.1) is 0 Å². The zero-order valence-electron chi connectivity index (χ0n) is 20.8. The molecule has 1 aromatic rings. The number of anilines is 1. The molecular weight excluding hydrogens is 444 g/mol. The van der Waals surface area contributed by atoms with Gasteiger partial charge in [-0.05, 0) is 50.8 Å². The standard InChI is InChI=1S/C28H36N2O5/c1-3-29-17-26-12-7-4-8-15-28(26,34)27(18-29,14-9-13-26)19-35-25(33)21-10-5-6-11-22(21)30-23(31)16-20(2)24(30)32/h4-6,8,10-11,20,34H,3,7,9,12-19H2,1-2H3/t20-,26+,27-,28+/m1/s1. The van der Waals surface area contributed by atoms with E-state index >= 15 is 0 Å². The van der Waals surface area contributed by atoms with E-state index in [0.717, 1.165) is 50.1 Å². The first-order valence-electron chi connectivity index (χ1n) is 13.0. The minimum absolute atomic E-state index is 0.112. The maximum atomic E-state index is 13.4. The Morgan fingerprint density at radius 2 is 1.94 bits per heavy atom. The third-order valence-corrected chi connectivity index (χ3v) is 9.15. The summed E-state index contributed by atoms with van der Waals surface area (Å²) in [4.78, 5) is 42.1. The van der Waals surface area contributed by atoms with Crippen LogP contribution in [-0.4, -0.2) is 59.6 Å². The van der Waals surface area contributed by atoms with Crippen molar-refractivity contribution in [2.45, 2.75) is 64.4 Å². The van der Waals surface area contributed by atoms with Crippen LogP contribution >= 0.6 is 0 Å².